The second-order valence-corrected chi connectivity index (χ2v) is 5.23. The number of nitrogens with zero attached hydrogens (tertiary/aromatic N) is 1. The van der Waals surface area contributed by atoms with Crippen LogP contribution in [0, 0.1) is 0 Å². The molecule has 5 heteroatoms. The average molecular weight is 311 g/mol. The summed E-state index contributed by atoms with van der Waals surface area (Å²) in [5.74, 6) is -0.102. The van der Waals surface area contributed by atoms with Crippen molar-refractivity contribution in [1.82, 2.24) is 4.57 Å². The zero-order valence-electron chi connectivity index (χ0n) is 12.7. The molecule has 0 aliphatic heterocycles. The van der Waals surface area contributed by atoms with Gasteiger partial charge < -0.3 is 19.5 Å². The van der Waals surface area contributed by atoms with Gasteiger partial charge >= 0.3 is 5.97 Å². The highest BCUT2D eigenvalue weighted by Gasteiger charge is 2.15. The molecule has 0 radical (unpaired) electrons. The van der Waals surface area contributed by atoms with Gasteiger partial charge in [0.25, 0.3) is 0 Å². The number of para-hydroxylation sites is 1. The van der Waals surface area contributed by atoms with Crippen LogP contribution in [0.1, 0.15) is 22.8 Å². The first kappa shape index (κ1) is 15.0. The molecule has 0 atom stereocenters. The molecular formula is C18H17NO4. The van der Waals surface area contributed by atoms with E-state index in [2.05, 4.69) is 0 Å². The third-order valence-electron chi connectivity index (χ3n) is 3.78. The summed E-state index contributed by atoms with van der Waals surface area (Å²) in [5.41, 5.74) is 1.94. The maximum Gasteiger partial charge on any atom is 0.337 e. The Morgan fingerprint density at radius 3 is 2.57 bits per heavy atom. The van der Waals surface area contributed by atoms with Crippen LogP contribution in [-0.2, 0) is 13.2 Å². The molecule has 0 saturated heterocycles. The van der Waals surface area contributed by atoms with Crippen LogP contribution in [0.5, 0.6) is 11.5 Å². The number of aryl methyl sites for hydroxylation is 1. The zero-order valence-corrected chi connectivity index (χ0v) is 12.7. The Morgan fingerprint density at radius 2 is 1.91 bits per heavy atom. The molecule has 0 fully saturated rings. The summed E-state index contributed by atoms with van der Waals surface area (Å²) in [5, 5.41) is 19.5. The lowest BCUT2D eigenvalue weighted by molar-refractivity contribution is 0.0698. The summed E-state index contributed by atoms with van der Waals surface area (Å²) < 4.78 is 7.67. The number of aromatic nitrogens is 1. The SMILES string of the molecule is CCn1cc(COc2ccc(O)cc2)c2cccc(C(=O)O)c21. The Bertz CT molecular complexity index is 849. The molecule has 23 heavy (non-hydrogen) atoms. The van der Waals surface area contributed by atoms with Gasteiger partial charge in [-0.25, -0.2) is 4.79 Å². The number of carboxylic acids is 1. The fourth-order valence-corrected chi connectivity index (χ4v) is 2.67. The van der Waals surface area contributed by atoms with Gasteiger partial charge in [0.15, 0.2) is 0 Å². The molecule has 0 aliphatic carbocycles. The topological polar surface area (TPSA) is 71.7 Å². The minimum atomic E-state index is -0.936. The molecule has 0 saturated carbocycles. The largest absolute Gasteiger partial charge is 0.508 e. The molecular weight excluding hydrogens is 294 g/mol. The van der Waals surface area contributed by atoms with E-state index in [0.29, 0.717) is 30.0 Å². The number of aromatic hydroxyl groups is 1. The average Bonchev–Trinajstić information content (AvgIpc) is 2.92. The number of carboxylic acid groups (broad SMARTS) is 1. The maximum absolute atomic E-state index is 11.4. The Morgan fingerprint density at radius 1 is 1.17 bits per heavy atom. The van der Waals surface area contributed by atoms with Crippen LogP contribution in [0.3, 0.4) is 0 Å². The van der Waals surface area contributed by atoms with E-state index in [1.54, 1.807) is 36.4 Å². The van der Waals surface area contributed by atoms with Gasteiger partial charge in [-0.15, -0.1) is 0 Å². The highest BCUT2D eigenvalue weighted by molar-refractivity contribution is 6.03. The van der Waals surface area contributed by atoms with Crippen molar-refractivity contribution in [3.8, 4) is 11.5 Å². The molecule has 5 nitrogen and oxygen atoms in total. The van der Waals surface area contributed by atoms with E-state index in [1.807, 2.05) is 23.8 Å². The van der Waals surface area contributed by atoms with E-state index >= 15 is 0 Å². The lowest BCUT2D eigenvalue weighted by Gasteiger charge is -2.05. The van der Waals surface area contributed by atoms with Gasteiger partial charge in [-0.3, -0.25) is 0 Å². The molecule has 0 unspecified atom stereocenters. The van der Waals surface area contributed by atoms with Crippen molar-refractivity contribution in [2.45, 2.75) is 20.1 Å². The van der Waals surface area contributed by atoms with Gasteiger partial charge in [0, 0.05) is 23.7 Å². The van der Waals surface area contributed by atoms with Gasteiger partial charge in [-0.1, -0.05) is 12.1 Å². The van der Waals surface area contributed by atoms with Crippen LogP contribution in [0.4, 0.5) is 0 Å². The van der Waals surface area contributed by atoms with Crippen molar-refractivity contribution < 1.29 is 19.7 Å². The summed E-state index contributed by atoms with van der Waals surface area (Å²) in [6, 6.07) is 11.8. The van der Waals surface area contributed by atoms with Gasteiger partial charge in [0.1, 0.15) is 18.1 Å². The fourth-order valence-electron chi connectivity index (χ4n) is 2.67. The van der Waals surface area contributed by atoms with Crippen molar-refractivity contribution in [2.24, 2.45) is 0 Å². The second kappa shape index (κ2) is 6.04. The lowest BCUT2D eigenvalue weighted by atomic mass is 10.1. The Balaban J connectivity index is 1.96. The van der Waals surface area contributed by atoms with Crippen molar-refractivity contribution in [3.63, 3.8) is 0 Å². The number of phenolic OH excluding ortho intramolecular Hbond substituents is 1. The van der Waals surface area contributed by atoms with Gasteiger partial charge in [0.05, 0.1) is 11.1 Å². The number of carbonyl (C=O) groups is 1. The number of hydrogen-bond donors (Lipinski definition) is 2. The third-order valence-corrected chi connectivity index (χ3v) is 3.78. The Labute approximate surface area is 133 Å². The first-order valence-electron chi connectivity index (χ1n) is 7.36. The zero-order chi connectivity index (χ0) is 16.4. The van der Waals surface area contributed by atoms with E-state index in [1.165, 1.54) is 0 Å². The smallest absolute Gasteiger partial charge is 0.337 e. The van der Waals surface area contributed by atoms with Crippen LogP contribution >= 0.6 is 0 Å². The third kappa shape index (κ3) is 2.85. The predicted octanol–water partition coefficient (Wildman–Crippen LogP) is 3.64. The summed E-state index contributed by atoms with van der Waals surface area (Å²) in [6.07, 6.45) is 1.93. The summed E-state index contributed by atoms with van der Waals surface area (Å²) >= 11 is 0. The van der Waals surface area contributed by atoms with E-state index in [4.69, 9.17) is 4.74 Å². The van der Waals surface area contributed by atoms with Gasteiger partial charge in [-0.05, 0) is 37.3 Å². The van der Waals surface area contributed by atoms with Crippen LogP contribution in [0.25, 0.3) is 10.9 Å². The number of phenols is 1. The summed E-state index contributed by atoms with van der Waals surface area (Å²) in [6.45, 7) is 2.99. The minimum Gasteiger partial charge on any atom is -0.508 e. The Hall–Kier alpha value is -2.95. The van der Waals surface area contributed by atoms with E-state index < -0.39 is 5.97 Å². The fraction of sp³-hybridized carbons (Fsp3) is 0.167. The molecule has 1 heterocycles. The molecule has 2 N–H and O–H groups in total. The van der Waals surface area contributed by atoms with Crippen LogP contribution in [0.15, 0.2) is 48.7 Å². The van der Waals surface area contributed by atoms with Crippen molar-refractivity contribution in [3.05, 3.63) is 59.8 Å². The van der Waals surface area contributed by atoms with Crippen LogP contribution in [0.2, 0.25) is 0 Å². The van der Waals surface area contributed by atoms with Gasteiger partial charge in [-0.2, -0.15) is 0 Å². The predicted molar refractivity (Wildman–Crippen MR) is 87.0 cm³/mol. The number of fused-ring (bicyclic) bond motifs is 1. The van der Waals surface area contributed by atoms with E-state index in [-0.39, 0.29) is 5.75 Å². The van der Waals surface area contributed by atoms with Crippen molar-refractivity contribution in [1.29, 1.82) is 0 Å². The number of hydrogen-bond acceptors (Lipinski definition) is 3. The maximum atomic E-state index is 11.4. The number of benzene rings is 2. The summed E-state index contributed by atoms with van der Waals surface area (Å²) in [7, 11) is 0. The van der Waals surface area contributed by atoms with Gasteiger partial charge in [0.2, 0.25) is 0 Å². The first-order chi connectivity index (χ1) is 11.1. The number of ether oxygens (including phenoxy) is 1. The number of rotatable bonds is 5. The van der Waals surface area contributed by atoms with E-state index in [0.717, 1.165) is 10.9 Å². The molecule has 118 valence electrons. The highest BCUT2D eigenvalue weighted by Crippen LogP contribution is 2.26. The minimum absolute atomic E-state index is 0.186. The second-order valence-electron chi connectivity index (χ2n) is 5.23. The molecule has 0 bridgehead atoms. The molecule has 3 rings (SSSR count). The molecule has 0 amide bonds. The quantitative estimate of drug-likeness (QED) is 0.754. The molecule has 2 aromatic carbocycles. The monoisotopic (exact) mass is 311 g/mol. The lowest BCUT2D eigenvalue weighted by Crippen LogP contribution is -2.01. The Kier molecular flexibility index (Phi) is 3.93. The first-order valence-corrected chi connectivity index (χ1v) is 7.36. The molecule has 3 aromatic rings. The normalized spacial score (nSPS) is 10.8. The van der Waals surface area contributed by atoms with Crippen molar-refractivity contribution in [2.75, 3.05) is 0 Å². The number of aromatic carboxylic acids is 1. The molecule has 0 aliphatic rings. The van der Waals surface area contributed by atoms with Crippen molar-refractivity contribution >= 4 is 16.9 Å². The van der Waals surface area contributed by atoms with Crippen LogP contribution in [-0.4, -0.2) is 20.7 Å². The highest BCUT2D eigenvalue weighted by atomic mass is 16.5. The van der Waals surface area contributed by atoms with Crippen LogP contribution < -0.4 is 4.74 Å². The molecule has 1 aromatic heterocycles. The standard InChI is InChI=1S/C18H17NO4/c1-2-19-10-12(11-23-14-8-6-13(20)7-9-14)15-4-3-5-16(17(15)19)18(21)22/h3-10,20H,2,11H2,1H3,(H,21,22). The molecule has 0 spiro atoms. The van der Waals surface area contributed by atoms with E-state index in [9.17, 15) is 15.0 Å². The summed E-state index contributed by atoms with van der Waals surface area (Å²) in [4.78, 5) is 11.4.